The van der Waals surface area contributed by atoms with Crippen LogP contribution < -0.4 is 0 Å². The molecule has 3 rings (SSSR count). The number of likely N-dealkylation sites (tertiary alicyclic amines) is 1. The molecule has 0 saturated carbocycles. The first-order valence-corrected chi connectivity index (χ1v) is 9.44. The zero-order valence-corrected chi connectivity index (χ0v) is 17.0. The molecule has 2 heterocycles. The van der Waals surface area contributed by atoms with Crippen molar-refractivity contribution in [3.63, 3.8) is 0 Å². The van der Waals surface area contributed by atoms with E-state index in [2.05, 4.69) is 9.97 Å². The van der Waals surface area contributed by atoms with Crippen molar-refractivity contribution in [3.05, 3.63) is 41.3 Å². The van der Waals surface area contributed by atoms with Crippen molar-refractivity contribution >= 4 is 12.1 Å². The molecule has 7 heteroatoms. The summed E-state index contributed by atoms with van der Waals surface area (Å²) >= 11 is 0. The molecular weight excluding hydrogens is 358 g/mol. The van der Waals surface area contributed by atoms with Gasteiger partial charge in [-0.15, -0.1) is 0 Å². The standard InChI is InChI=1S/C21H27N3O4/c1-13-8-10-14(11-9-13)16-17(19(25)27-5)23-18(22-16)15-7-6-12-24(15)20(26)28-21(2,3)4/h8-11,15H,6-7,12H2,1-5H3,(H,22,23)/t15-/m0/s1. The van der Waals surface area contributed by atoms with Crippen molar-refractivity contribution in [3.8, 4) is 11.3 Å². The van der Waals surface area contributed by atoms with Gasteiger partial charge in [-0.1, -0.05) is 29.8 Å². The van der Waals surface area contributed by atoms with Gasteiger partial charge in [0.1, 0.15) is 11.4 Å². The van der Waals surface area contributed by atoms with Crippen LogP contribution in [0.15, 0.2) is 24.3 Å². The number of carbonyl (C=O) groups is 2. The Hall–Kier alpha value is -2.83. The van der Waals surface area contributed by atoms with Crippen LogP contribution >= 0.6 is 0 Å². The van der Waals surface area contributed by atoms with Crippen LogP contribution in [-0.4, -0.2) is 46.2 Å². The second-order valence-electron chi connectivity index (χ2n) is 8.04. The largest absolute Gasteiger partial charge is 0.464 e. The number of carbonyl (C=O) groups excluding carboxylic acids is 2. The van der Waals surface area contributed by atoms with Crippen LogP contribution in [0.2, 0.25) is 0 Å². The number of nitrogens with one attached hydrogen (secondary N) is 1. The van der Waals surface area contributed by atoms with Gasteiger partial charge >= 0.3 is 12.1 Å². The van der Waals surface area contributed by atoms with Crippen molar-refractivity contribution in [2.75, 3.05) is 13.7 Å². The number of aromatic nitrogens is 2. The molecule has 0 bridgehead atoms. The number of nitrogens with zero attached hydrogens (tertiary/aromatic N) is 2. The van der Waals surface area contributed by atoms with Gasteiger partial charge in [-0.05, 0) is 40.5 Å². The van der Waals surface area contributed by atoms with Crippen LogP contribution in [0.1, 0.15) is 61.5 Å². The molecule has 0 radical (unpaired) electrons. The normalized spacial score (nSPS) is 16.9. The first-order chi connectivity index (χ1) is 13.2. The summed E-state index contributed by atoms with van der Waals surface area (Å²) in [5.74, 6) is 0.0548. The molecule has 1 aromatic heterocycles. The smallest absolute Gasteiger partial charge is 0.410 e. The van der Waals surface area contributed by atoms with Gasteiger partial charge < -0.3 is 14.5 Å². The molecule has 1 fully saturated rings. The summed E-state index contributed by atoms with van der Waals surface area (Å²) in [6, 6.07) is 7.54. The van der Waals surface area contributed by atoms with Crippen LogP contribution in [0.3, 0.4) is 0 Å². The molecule has 1 aliphatic rings. The Morgan fingerprint density at radius 1 is 1.21 bits per heavy atom. The van der Waals surface area contributed by atoms with Crippen LogP contribution in [0.5, 0.6) is 0 Å². The van der Waals surface area contributed by atoms with Gasteiger partial charge in [0.25, 0.3) is 0 Å². The molecule has 1 amide bonds. The fourth-order valence-electron chi connectivity index (χ4n) is 3.31. The van der Waals surface area contributed by atoms with Crippen LogP contribution in [0.25, 0.3) is 11.3 Å². The monoisotopic (exact) mass is 385 g/mol. The fraction of sp³-hybridized carbons (Fsp3) is 0.476. The van der Waals surface area contributed by atoms with Gasteiger partial charge in [0.05, 0.1) is 18.8 Å². The Morgan fingerprint density at radius 3 is 2.50 bits per heavy atom. The lowest BCUT2D eigenvalue weighted by Gasteiger charge is -2.27. The SMILES string of the molecule is COC(=O)c1nc([C@@H]2CCCN2C(=O)OC(C)(C)C)[nH]c1-c1ccc(C)cc1. The number of imidazole rings is 1. The Balaban J connectivity index is 1.96. The number of ether oxygens (including phenoxy) is 2. The lowest BCUT2D eigenvalue weighted by molar-refractivity contribution is 0.0218. The van der Waals surface area contributed by atoms with Gasteiger partial charge in [0.15, 0.2) is 5.69 Å². The van der Waals surface area contributed by atoms with E-state index in [1.165, 1.54) is 7.11 Å². The molecular formula is C21H27N3O4. The third-order valence-corrected chi connectivity index (χ3v) is 4.64. The average molecular weight is 385 g/mol. The van der Waals surface area contributed by atoms with E-state index in [-0.39, 0.29) is 17.8 Å². The first kappa shape index (κ1) is 19.9. The zero-order chi connectivity index (χ0) is 20.5. The van der Waals surface area contributed by atoms with Crippen molar-refractivity contribution in [2.45, 2.75) is 52.2 Å². The summed E-state index contributed by atoms with van der Waals surface area (Å²) in [4.78, 5) is 34.3. The lowest BCUT2D eigenvalue weighted by Crippen LogP contribution is -2.36. The number of amides is 1. The molecule has 28 heavy (non-hydrogen) atoms. The Morgan fingerprint density at radius 2 is 1.89 bits per heavy atom. The van der Waals surface area contributed by atoms with Crippen LogP contribution in [-0.2, 0) is 9.47 Å². The fourth-order valence-corrected chi connectivity index (χ4v) is 3.31. The van der Waals surface area contributed by atoms with Gasteiger partial charge in [-0.3, -0.25) is 4.90 Å². The first-order valence-electron chi connectivity index (χ1n) is 9.44. The van der Waals surface area contributed by atoms with E-state index in [1.807, 2.05) is 52.0 Å². The van der Waals surface area contributed by atoms with Crippen LogP contribution in [0.4, 0.5) is 4.79 Å². The summed E-state index contributed by atoms with van der Waals surface area (Å²) < 4.78 is 10.4. The average Bonchev–Trinajstić information content (AvgIpc) is 3.27. The zero-order valence-electron chi connectivity index (χ0n) is 17.0. The molecule has 1 aliphatic heterocycles. The lowest BCUT2D eigenvalue weighted by atomic mass is 10.1. The van der Waals surface area contributed by atoms with Crippen molar-refractivity contribution < 1.29 is 19.1 Å². The van der Waals surface area contributed by atoms with Crippen molar-refractivity contribution in [1.29, 1.82) is 0 Å². The molecule has 150 valence electrons. The van der Waals surface area contributed by atoms with E-state index in [0.717, 1.165) is 24.0 Å². The molecule has 1 atom stereocenters. The number of aromatic amines is 1. The van der Waals surface area contributed by atoms with Crippen molar-refractivity contribution in [1.82, 2.24) is 14.9 Å². The summed E-state index contributed by atoms with van der Waals surface area (Å²) in [6.45, 7) is 8.11. The number of hydrogen-bond acceptors (Lipinski definition) is 5. The molecule has 0 aliphatic carbocycles. The number of aryl methyl sites for hydroxylation is 1. The minimum atomic E-state index is -0.572. The van der Waals surface area contributed by atoms with E-state index in [1.54, 1.807) is 4.90 Å². The van der Waals surface area contributed by atoms with Crippen LogP contribution in [0, 0.1) is 6.92 Å². The summed E-state index contributed by atoms with van der Waals surface area (Å²) in [6.07, 6.45) is 1.22. The van der Waals surface area contributed by atoms with Crippen molar-refractivity contribution in [2.24, 2.45) is 0 Å². The van der Waals surface area contributed by atoms with E-state index >= 15 is 0 Å². The molecule has 2 aromatic rings. The summed E-state index contributed by atoms with van der Waals surface area (Å²) in [5, 5.41) is 0. The van der Waals surface area contributed by atoms with Gasteiger partial charge in [-0.2, -0.15) is 0 Å². The summed E-state index contributed by atoms with van der Waals surface area (Å²) in [5.41, 5.74) is 2.20. The number of rotatable bonds is 3. The Labute approximate surface area is 165 Å². The van der Waals surface area contributed by atoms with E-state index < -0.39 is 11.6 Å². The Kier molecular flexibility index (Phi) is 5.45. The number of H-pyrrole nitrogens is 1. The topological polar surface area (TPSA) is 84.5 Å². The maximum atomic E-state index is 12.6. The highest BCUT2D eigenvalue weighted by Gasteiger charge is 2.36. The highest BCUT2D eigenvalue weighted by atomic mass is 16.6. The number of hydrogen-bond donors (Lipinski definition) is 1. The molecule has 1 N–H and O–H groups in total. The predicted molar refractivity (Wildman–Crippen MR) is 105 cm³/mol. The molecule has 7 nitrogen and oxygen atoms in total. The highest BCUT2D eigenvalue weighted by Crippen LogP contribution is 2.34. The molecule has 1 saturated heterocycles. The van der Waals surface area contributed by atoms with E-state index in [9.17, 15) is 9.59 Å². The van der Waals surface area contributed by atoms with E-state index in [0.29, 0.717) is 18.1 Å². The molecule has 0 spiro atoms. The Bertz CT molecular complexity index is 865. The number of methoxy groups -OCH3 is 1. The summed E-state index contributed by atoms with van der Waals surface area (Å²) in [7, 11) is 1.33. The minimum absolute atomic E-state index is 0.220. The maximum Gasteiger partial charge on any atom is 0.410 e. The quantitative estimate of drug-likeness (QED) is 0.799. The third-order valence-electron chi connectivity index (χ3n) is 4.64. The van der Waals surface area contributed by atoms with E-state index in [4.69, 9.17) is 9.47 Å². The maximum absolute atomic E-state index is 12.6. The second-order valence-corrected chi connectivity index (χ2v) is 8.04. The van der Waals surface area contributed by atoms with Gasteiger partial charge in [0, 0.05) is 12.1 Å². The highest BCUT2D eigenvalue weighted by molar-refractivity contribution is 5.94. The molecule has 0 unspecified atom stereocenters. The number of esters is 1. The van der Waals surface area contributed by atoms with Gasteiger partial charge in [-0.25, -0.2) is 14.6 Å². The second kappa shape index (κ2) is 7.66. The minimum Gasteiger partial charge on any atom is -0.464 e. The molecule has 1 aromatic carbocycles. The van der Waals surface area contributed by atoms with Gasteiger partial charge in [0.2, 0.25) is 0 Å². The predicted octanol–water partition coefficient (Wildman–Crippen LogP) is 4.24. The third kappa shape index (κ3) is 4.18. The number of benzene rings is 1.